The van der Waals surface area contributed by atoms with Crippen LogP contribution in [0.4, 0.5) is 5.69 Å². The minimum Gasteiger partial charge on any atom is -0.322 e. The van der Waals surface area contributed by atoms with Gasteiger partial charge in [-0.1, -0.05) is 18.2 Å². The SMILES string of the molecule is CSC(C)=CC(=O)Nc1ccccc1. The molecule has 1 aromatic rings. The zero-order chi connectivity index (χ0) is 10.4. The van der Waals surface area contributed by atoms with Gasteiger partial charge in [-0.15, -0.1) is 11.8 Å². The number of hydrogen-bond acceptors (Lipinski definition) is 2. The molecular weight excluding hydrogens is 194 g/mol. The zero-order valence-electron chi connectivity index (χ0n) is 8.28. The summed E-state index contributed by atoms with van der Waals surface area (Å²) < 4.78 is 0. The van der Waals surface area contributed by atoms with Crippen molar-refractivity contribution < 1.29 is 4.79 Å². The summed E-state index contributed by atoms with van der Waals surface area (Å²) in [4.78, 5) is 12.4. The number of rotatable bonds is 3. The molecule has 14 heavy (non-hydrogen) atoms. The minimum absolute atomic E-state index is 0.0805. The van der Waals surface area contributed by atoms with Crippen LogP contribution in [0.1, 0.15) is 6.92 Å². The number of thioether (sulfide) groups is 1. The Hall–Kier alpha value is -1.22. The second-order valence-electron chi connectivity index (χ2n) is 2.81. The quantitative estimate of drug-likeness (QED) is 0.772. The van der Waals surface area contributed by atoms with E-state index in [1.165, 1.54) is 0 Å². The molecule has 1 N–H and O–H groups in total. The average molecular weight is 207 g/mol. The maximum atomic E-state index is 11.4. The van der Waals surface area contributed by atoms with Crippen LogP contribution in [-0.2, 0) is 4.79 Å². The van der Waals surface area contributed by atoms with Crippen LogP contribution in [0, 0.1) is 0 Å². The molecule has 0 saturated carbocycles. The maximum absolute atomic E-state index is 11.4. The van der Waals surface area contributed by atoms with Crippen molar-refractivity contribution in [2.45, 2.75) is 6.92 Å². The zero-order valence-corrected chi connectivity index (χ0v) is 9.10. The van der Waals surface area contributed by atoms with Crippen molar-refractivity contribution in [1.29, 1.82) is 0 Å². The van der Waals surface area contributed by atoms with Crippen LogP contribution < -0.4 is 5.32 Å². The van der Waals surface area contributed by atoms with Gasteiger partial charge in [0, 0.05) is 11.8 Å². The summed E-state index contributed by atoms with van der Waals surface area (Å²) in [6.45, 7) is 1.91. The molecule has 0 unspecified atom stereocenters. The molecule has 0 aliphatic carbocycles. The average Bonchev–Trinajstić information content (AvgIpc) is 2.19. The van der Waals surface area contributed by atoms with Gasteiger partial charge in [0.25, 0.3) is 0 Å². The maximum Gasteiger partial charge on any atom is 0.249 e. The molecule has 0 saturated heterocycles. The first-order valence-corrected chi connectivity index (χ1v) is 5.53. The third-order valence-electron chi connectivity index (χ3n) is 1.70. The number of para-hydroxylation sites is 1. The summed E-state index contributed by atoms with van der Waals surface area (Å²) in [5, 5.41) is 2.78. The van der Waals surface area contributed by atoms with E-state index < -0.39 is 0 Å². The van der Waals surface area contributed by atoms with E-state index in [4.69, 9.17) is 0 Å². The lowest BCUT2D eigenvalue weighted by Crippen LogP contribution is -2.07. The number of amides is 1. The Balaban J connectivity index is 2.58. The van der Waals surface area contributed by atoms with Gasteiger partial charge in [-0.2, -0.15) is 0 Å². The third-order valence-corrected chi connectivity index (χ3v) is 2.46. The molecular formula is C11H13NOS. The fraction of sp³-hybridized carbons (Fsp3) is 0.182. The summed E-state index contributed by atoms with van der Waals surface area (Å²) >= 11 is 1.56. The van der Waals surface area contributed by atoms with E-state index in [1.807, 2.05) is 43.5 Å². The number of benzene rings is 1. The van der Waals surface area contributed by atoms with Gasteiger partial charge in [0.1, 0.15) is 0 Å². The van der Waals surface area contributed by atoms with Gasteiger partial charge in [0.15, 0.2) is 0 Å². The molecule has 0 bridgehead atoms. The Morgan fingerprint density at radius 1 is 1.36 bits per heavy atom. The van der Waals surface area contributed by atoms with Crippen LogP contribution in [0.5, 0.6) is 0 Å². The Kier molecular flexibility index (Phi) is 4.26. The first-order chi connectivity index (χ1) is 6.72. The Bertz CT molecular complexity index is 332. The van der Waals surface area contributed by atoms with E-state index >= 15 is 0 Å². The molecule has 1 aromatic carbocycles. The van der Waals surface area contributed by atoms with Crippen molar-refractivity contribution in [2.24, 2.45) is 0 Å². The van der Waals surface area contributed by atoms with E-state index in [1.54, 1.807) is 17.8 Å². The third kappa shape index (κ3) is 3.66. The van der Waals surface area contributed by atoms with Crippen LogP contribution in [-0.4, -0.2) is 12.2 Å². The topological polar surface area (TPSA) is 29.1 Å². The van der Waals surface area contributed by atoms with Gasteiger partial charge in [-0.25, -0.2) is 0 Å². The van der Waals surface area contributed by atoms with Crippen molar-refractivity contribution in [2.75, 3.05) is 11.6 Å². The summed E-state index contributed by atoms with van der Waals surface area (Å²) in [5.74, 6) is -0.0805. The van der Waals surface area contributed by atoms with Crippen molar-refractivity contribution in [3.63, 3.8) is 0 Å². The summed E-state index contributed by atoms with van der Waals surface area (Å²) in [6.07, 6.45) is 3.54. The Morgan fingerprint density at radius 2 is 2.00 bits per heavy atom. The van der Waals surface area contributed by atoms with Gasteiger partial charge >= 0.3 is 0 Å². The molecule has 0 aromatic heterocycles. The molecule has 0 radical (unpaired) electrons. The number of carbonyl (C=O) groups excluding carboxylic acids is 1. The summed E-state index contributed by atoms with van der Waals surface area (Å²) in [6, 6.07) is 9.42. The van der Waals surface area contributed by atoms with Gasteiger partial charge < -0.3 is 5.32 Å². The molecule has 0 aliphatic rings. The fourth-order valence-corrected chi connectivity index (χ4v) is 1.17. The molecule has 1 amide bonds. The molecule has 74 valence electrons. The number of nitrogens with one attached hydrogen (secondary N) is 1. The monoisotopic (exact) mass is 207 g/mol. The van der Waals surface area contributed by atoms with Crippen molar-refractivity contribution in [3.05, 3.63) is 41.3 Å². The first-order valence-electron chi connectivity index (χ1n) is 4.30. The van der Waals surface area contributed by atoms with Crippen LogP contribution in [0.2, 0.25) is 0 Å². The smallest absolute Gasteiger partial charge is 0.249 e. The standard InChI is InChI=1S/C11H13NOS/c1-9(14-2)8-11(13)12-10-6-4-3-5-7-10/h3-8H,1-2H3,(H,12,13). The van der Waals surface area contributed by atoms with E-state index in [9.17, 15) is 4.79 Å². The van der Waals surface area contributed by atoms with Crippen LogP contribution in [0.15, 0.2) is 41.3 Å². The molecule has 0 heterocycles. The molecule has 0 atom stereocenters. The lowest BCUT2D eigenvalue weighted by molar-refractivity contribution is -0.111. The lowest BCUT2D eigenvalue weighted by atomic mass is 10.3. The first kappa shape index (κ1) is 10.9. The van der Waals surface area contributed by atoms with Gasteiger partial charge in [0.05, 0.1) is 0 Å². The number of hydrogen-bond donors (Lipinski definition) is 1. The Labute approximate surface area is 88.4 Å². The predicted molar refractivity (Wildman–Crippen MR) is 62.3 cm³/mol. The van der Waals surface area contributed by atoms with E-state index in [0.29, 0.717) is 0 Å². The fourth-order valence-electron chi connectivity index (χ4n) is 0.943. The summed E-state index contributed by atoms with van der Waals surface area (Å²) in [5.41, 5.74) is 0.822. The molecule has 3 heteroatoms. The van der Waals surface area contributed by atoms with E-state index in [-0.39, 0.29) is 5.91 Å². The highest BCUT2D eigenvalue weighted by atomic mass is 32.2. The highest BCUT2D eigenvalue weighted by Gasteiger charge is 1.97. The number of allylic oxidation sites excluding steroid dienone is 1. The van der Waals surface area contributed by atoms with Gasteiger partial charge in [-0.3, -0.25) is 4.79 Å². The highest BCUT2D eigenvalue weighted by molar-refractivity contribution is 8.02. The van der Waals surface area contributed by atoms with Crippen LogP contribution >= 0.6 is 11.8 Å². The molecule has 1 rings (SSSR count). The second kappa shape index (κ2) is 5.50. The van der Waals surface area contributed by atoms with Gasteiger partial charge in [-0.05, 0) is 30.2 Å². The van der Waals surface area contributed by atoms with E-state index in [2.05, 4.69) is 5.32 Å². The largest absolute Gasteiger partial charge is 0.322 e. The van der Waals surface area contributed by atoms with Crippen molar-refractivity contribution in [3.8, 4) is 0 Å². The summed E-state index contributed by atoms with van der Waals surface area (Å²) in [7, 11) is 0. The number of carbonyl (C=O) groups is 1. The van der Waals surface area contributed by atoms with Crippen LogP contribution in [0.25, 0.3) is 0 Å². The highest BCUT2D eigenvalue weighted by Crippen LogP contribution is 2.10. The molecule has 0 aliphatic heterocycles. The lowest BCUT2D eigenvalue weighted by Gasteiger charge is -2.01. The van der Waals surface area contributed by atoms with Crippen molar-refractivity contribution >= 4 is 23.4 Å². The minimum atomic E-state index is -0.0805. The predicted octanol–water partition coefficient (Wildman–Crippen LogP) is 2.89. The van der Waals surface area contributed by atoms with Gasteiger partial charge in [0.2, 0.25) is 5.91 Å². The molecule has 0 spiro atoms. The normalized spacial score (nSPS) is 11.1. The molecule has 0 fully saturated rings. The Morgan fingerprint density at radius 3 is 2.57 bits per heavy atom. The van der Waals surface area contributed by atoms with Crippen LogP contribution in [0.3, 0.4) is 0 Å². The second-order valence-corrected chi connectivity index (χ2v) is 3.87. The number of anilines is 1. The van der Waals surface area contributed by atoms with Crippen molar-refractivity contribution in [1.82, 2.24) is 0 Å². The van der Waals surface area contributed by atoms with E-state index in [0.717, 1.165) is 10.6 Å². The molecule has 2 nitrogen and oxygen atoms in total.